The maximum absolute atomic E-state index is 14.1. The lowest BCUT2D eigenvalue weighted by Gasteiger charge is -2.21. The van der Waals surface area contributed by atoms with Gasteiger partial charge in [-0.05, 0) is 49.7 Å². The number of nitrogens with zero attached hydrogens (tertiary/aromatic N) is 5. The highest BCUT2D eigenvalue weighted by Gasteiger charge is 2.35. The first kappa shape index (κ1) is 27.5. The van der Waals surface area contributed by atoms with Crippen LogP contribution in [0.5, 0.6) is 0 Å². The van der Waals surface area contributed by atoms with E-state index in [0.29, 0.717) is 49.0 Å². The lowest BCUT2D eigenvalue weighted by molar-refractivity contribution is 0.159. The summed E-state index contributed by atoms with van der Waals surface area (Å²) in [6.45, 7) is 6.04. The molecule has 5 rings (SSSR count). The summed E-state index contributed by atoms with van der Waals surface area (Å²) in [5.74, 6) is -1.09. The molecule has 11 heteroatoms. The van der Waals surface area contributed by atoms with Gasteiger partial charge in [0.1, 0.15) is 28.8 Å². The predicted octanol–water partition coefficient (Wildman–Crippen LogP) is 4.40. The molecule has 1 saturated heterocycles. The van der Waals surface area contributed by atoms with Gasteiger partial charge in [0.05, 0.1) is 18.3 Å². The van der Waals surface area contributed by atoms with Crippen molar-refractivity contribution in [3.05, 3.63) is 83.1 Å². The number of hydrogen-bond acceptors (Lipinski definition) is 5. The number of aromatic nitrogens is 4. The van der Waals surface area contributed by atoms with Gasteiger partial charge in [-0.15, -0.1) is 0 Å². The molecule has 2 atom stereocenters. The summed E-state index contributed by atoms with van der Waals surface area (Å²) in [5, 5.41) is 15.4. The van der Waals surface area contributed by atoms with Gasteiger partial charge in [-0.25, -0.2) is 18.3 Å². The highest BCUT2D eigenvalue weighted by Crippen LogP contribution is 2.31. The average molecular weight is 550 g/mol. The Morgan fingerprint density at radius 2 is 1.77 bits per heavy atom. The van der Waals surface area contributed by atoms with Crippen molar-refractivity contribution in [2.75, 3.05) is 38.7 Å². The van der Waals surface area contributed by atoms with Gasteiger partial charge in [-0.3, -0.25) is 14.9 Å². The molecule has 9 nitrogen and oxygen atoms in total. The Labute approximate surface area is 231 Å². The van der Waals surface area contributed by atoms with Gasteiger partial charge in [-0.2, -0.15) is 10.2 Å². The van der Waals surface area contributed by atoms with Crippen molar-refractivity contribution in [3.8, 4) is 17.1 Å². The van der Waals surface area contributed by atoms with Crippen molar-refractivity contribution in [2.45, 2.75) is 25.8 Å². The van der Waals surface area contributed by atoms with E-state index in [0.717, 1.165) is 23.0 Å². The lowest BCUT2D eigenvalue weighted by atomic mass is 9.94. The summed E-state index contributed by atoms with van der Waals surface area (Å²) >= 11 is 0. The van der Waals surface area contributed by atoms with Crippen molar-refractivity contribution in [2.24, 2.45) is 7.05 Å². The number of hydrogen-bond donors (Lipinski definition) is 2. The molecule has 1 aliphatic rings. The number of carbonyl (C=O) groups is 1. The molecule has 210 valence electrons. The van der Waals surface area contributed by atoms with Crippen LogP contribution < -0.4 is 10.6 Å². The molecule has 0 radical (unpaired) electrons. The Hall–Kier alpha value is -4.09. The number of aryl methyl sites for hydroxylation is 2. The van der Waals surface area contributed by atoms with E-state index in [2.05, 4.69) is 20.6 Å². The number of rotatable bonds is 8. The number of para-hydroxylation sites is 1. The van der Waals surface area contributed by atoms with E-state index in [-0.39, 0.29) is 12.0 Å². The molecule has 0 spiro atoms. The summed E-state index contributed by atoms with van der Waals surface area (Å²) in [6.07, 6.45) is 0. The van der Waals surface area contributed by atoms with Crippen LogP contribution in [-0.2, 0) is 11.8 Å². The molecule has 0 saturated carbocycles. The van der Waals surface area contributed by atoms with E-state index in [1.54, 1.807) is 16.5 Å². The molecule has 2 unspecified atom stereocenters. The van der Waals surface area contributed by atoms with Crippen molar-refractivity contribution in [1.29, 1.82) is 0 Å². The molecular weight excluding hydrogens is 516 g/mol. The average Bonchev–Trinajstić information content (AvgIpc) is 3.58. The Kier molecular flexibility index (Phi) is 7.95. The first-order chi connectivity index (χ1) is 19.2. The zero-order chi connectivity index (χ0) is 28.4. The molecule has 4 aromatic rings. The summed E-state index contributed by atoms with van der Waals surface area (Å²) in [4.78, 5) is 15.6. The normalized spacial score (nSPS) is 17.4. The third-order valence-electron chi connectivity index (χ3n) is 7.35. The van der Waals surface area contributed by atoms with Crippen LogP contribution in [0.1, 0.15) is 22.7 Å². The highest BCUT2D eigenvalue weighted by molar-refractivity contribution is 5.91. The van der Waals surface area contributed by atoms with Gasteiger partial charge in [0, 0.05) is 57.0 Å². The number of ether oxygens (including phenoxy) is 1. The number of carbonyl (C=O) groups excluding carboxylic acids is 1. The summed E-state index contributed by atoms with van der Waals surface area (Å²) in [7, 11) is 3.49. The van der Waals surface area contributed by atoms with Crippen LogP contribution in [-0.4, -0.2) is 69.9 Å². The van der Waals surface area contributed by atoms with Crippen LogP contribution in [0.15, 0.2) is 54.6 Å². The van der Waals surface area contributed by atoms with Crippen LogP contribution in [0.4, 0.5) is 19.4 Å². The van der Waals surface area contributed by atoms with E-state index < -0.39 is 17.7 Å². The number of benzene rings is 2. The smallest absolute Gasteiger partial charge is 0.320 e. The zero-order valence-electron chi connectivity index (χ0n) is 23.0. The predicted molar refractivity (Wildman–Crippen MR) is 149 cm³/mol. The minimum Gasteiger partial charge on any atom is -0.383 e. The van der Waals surface area contributed by atoms with Crippen LogP contribution >= 0.6 is 0 Å². The van der Waals surface area contributed by atoms with E-state index >= 15 is 0 Å². The molecule has 1 fully saturated rings. The summed E-state index contributed by atoms with van der Waals surface area (Å²) < 4.78 is 36.9. The van der Waals surface area contributed by atoms with Gasteiger partial charge in [0.15, 0.2) is 0 Å². The van der Waals surface area contributed by atoms with Gasteiger partial charge >= 0.3 is 6.03 Å². The number of amides is 2. The van der Waals surface area contributed by atoms with Crippen LogP contribution in [0.25, 0.3) is 17.1 Å². The minimum atomic E-state index is -0.645. The number of likely N-dealkylation sites (tertiary alicyclic amines) is 1. The fraction of sp³-hybridized carbons (Fsp3) is 0.345. The monoisotopic (exact) mass is 549 g/mol. The third-order valence-corrected chi connectivity index (χ3v) is 7.35. The number of urea groups is 1. The summed E-state index contributed by atoms with van der Waals surface area (Å²) in [5.41, 5.74) is 4.38. The maximum Gasteiger partial charge on any atom is 0.320 e. The topological polar surface area (TPSA) is 89.2 Å². The Morgan fingerprint density at radius 3 is 2.42 bits per heavy atom. The SMILES string of the molecule is COCCN1CC(NC(=O)Nc2c(C)c(-c3cc(C)n(C)n3)nn2-c2ccccc2)C(c2cc(F)cc(F)c2)C1. The van der Waals surface area contributed by atoms with E-state index in [9.17, 15) is 13.6 Å². The van der Waals surface area contributed by atoms with Gasteiger partial charge < -0.3 is 10.1 Å². The number of anilines is 1. The van der Waals surface area contributed by atoms with Gasteiger partial charge in [-0.1, -0.05) is 18.2 Å². The van der Waals surface area contributed by atoms with E-state index in [4.69, 9.17) is 9.84 Å². The van der Waals surface area contributed by atoms with Crippen molar-refractivity contribution in [3.63, 3.8) is 0 Å². The molecule has 2 aromatic heterocycles. The standard InChI is InChI=1S/C29H33F2N7O2/c1-18-12-25(34-36(18)3)27-19(2)28(38(35-27)23-8-6-5-7-9-23)33-29(39)32-26-17-37(10-11-40-4)16-24(26)20-13-21(30)15-22(31)14-20/h5-9,12-15,24,26H,10-11,16-17H2,1-4H3,(H2,32,33,39). The molecule has 2 N–H and O–H groups in total. The number of nitrogens with one attached hydrogen (secondary N) is 2. The zero-order valence-corrected chi connectivity index (χ0v) is 23.0. The largest absolute Gasteiger partial charge is 0.383 e. The highest BCUT2D eigenvalue weighted by atomic mass is 19.1. The van der Waals surface area contributed by atoms with E-state index in [1.807, 2.05) is 57.3 Å². The third kappa shape index (κ3) is 5.75. The molecular formula is C29H33F2N7O2. The fourth-order valence-electron chi connectivity index (χ4n) is 5.19. The molecule has 0 bridgehead atoms. The fourth-order valence-corrected chi connectivity index (χ4v) is 5.19. The Bertz CT molecular complexity index is 1460. The summed E-state index contributed by atoms with van der Waals surface area (Å²) in [6, 6.07) is 14.2. The minimum absolute atomic E-state index is 0.306. The quantitative estimate of drug-likeness (QED) is 0.340. The van der Waals surface area contributed by atoms with Crippen LogP contribution in [0.2, 0.25) is 0 Å². The molecule has 2 aromatic carbocycles. The van der Waals surface area contributed by atoms with Crippen molar-refractivity contribution in [1.82, 2.24) is 29.8 Å². The van der Waals surface area contributed by atoms with Crippen LogP contribution in [0, 0.1) is 25.5 Å². The molecule has 3 heterocycles. The van der Waals surface area contributed by atoms with Gasteiger partial charge in [0.2, 0.25) is 0 Å². The molecule has 0 aliphatic carbocycles. The van der Waals surface area contributed by atoms with Crippen LogP contribution in [0.3, 0.4) is 0 Å². The Morgan fingerprint density at radius 1 is 1.05 bits per heavy atom. The molecule has 2 amide bonds. The number of methoxy groups -OCH3 is 1. The molecule has 40 heavy (non-hydrogen) atoms. The van der Waals surface area contributed by atoms with Crippen molar-refractivity contribution >= 4 is 11.8 Å². The molecule has 1 aliphatic heterocycles. The second-order valence-corrected chi connectivity index (χ2v) is 10.1. The Balaban J connectivity index is 1.43. The second kappa shape index (κ2) is 11.6. The number of halogens is 2. The van der Waals surface area contributed by atoms with Crippen molar-refractivity contribution < 1.29 is 18.3 Å². The van der Waals surface area contributed by atoms with E-state index in [1.165, 1.54) is 12.1 Å². The second-order valence-electron chi connectivity index (χ2n) is 10.1. The van der Waals surface area contributed by atoms with Gasteiger partial charge in [0.25, 0.3) is 0 Å². The first-order valence-corrected chi connectivity index (χ1v) is 13.1. The first-order valence-electron chi connectivity index (χ1n) is 13.1. The lowest BCUT2D eigenvalue weighted by Crippen LogP contribution is -2.42. The maximum atomic E-state index is 14.1.